The fraction of sp³-hybridized carbons (Fsp3) is 0.640. The fourth-order valence-electron chi connectivity index (χ4n) is 4.97. The summed E-state index contributed by atoms with van der Waals surface area (Å²) in [5, 5.41) is 2.98. The molecule has 2 atom stereocenters. The van der Waals surface area contributed by atoms with Crippen molar-refractivity contribution in [1.29, 1.82) is 0 Å². The molecule has 0 aliphatic heterocycles. The van der Waals surface area contributed by atoms with Gasteiger partial charge in [0.15, 0.2) is 0 Å². The van der Waals surface area contributed by atoms with Gasteiger partial charge in [0.2, 0.25) is 8.32 Å². The monoisotopic (exact) mass is 433 g/mol. The van der Waals surface area contributed by atoms with Gasteiger partial charge in [-0.05, 0) is 61.0 Å². The molecule has 0 heterocycles. The van der Waals surface area contributed by atoms with Crippen LogP contribution in [0.2, 0.25) is 16.6 Å². The number of nitrogens with one attached hydrogen (secondary N) is 1. The van der Waals surface area contributed by atoms with Crippen LogP contribution in [0.1, 0.15) is 70.7 Å². The van der Waals surface area contributed by atoms with Gasteiger partial charge in [0.1, 0.15) is 0 Å². The molecule has 0 aliphatic rings. The van der Waals surface area contributed by atoms with Gasteiger partial charge in [-0.15, -0.1) is 0 Å². The van der Waals surface area contributed by atoms with Crippen molar-refractivity contribution in [3.8, 4) is 0 Å². The molecule has 1 N–H and O–H groups in total. The number of carbonyl (C=O) groups excluding carboxylic acids is 1. The predicted molar refractivity (Wildman–Crippen MR) is 131 cm³/mol. The second-order valence-corrected chi connectivity index (χ2v) is 14.9. The first-order valence-corrected chi connectivity index (χ1v) is 13.3. The van der Waals surface area contributed by atoms with Crippen molar-refractivity contribution < 1.29 is 14.0 Å². The van der Waals surface area contributed by atoms with Crippen molar-refractivity contribution in [2.75, 3.05) is 7.11 Å². The molecular formula is C25H43NO3Si. The molecule has 170 valence electrons. The number of hydrogen-bond acceptors (Lipinski definition) is 3. The van der Waals surface area contributed by atoms with Gasteiger partial charge in [0.25, 0.3) is 0 Å². The number of benzene rings is 1. The summed E-state index contributed by atoms with van der Waals surface area (Å²) >= 11 is 0. The van der Waals surface area contributed by atoms with E-state index in [2.05, 4.69) is 92.8 Å². The lowest BCUT2D eigenvalue weighted by atomic mass is 9.98. The van der Waals surface area contributed by atoms with Crippen LogP contribution in [0.3, 0.4) is 0 Å². The second kappa shape index (κ2) is 11.1. The van der Waals surface area contributed by atoms with Crippen LogP contribution in [-0.2, 0) is 9.16 Å². The van der Waals surface area contributed by atoms with Gasteiger partial charge in [0, 0.05) is 0 Å². The zero-order valence-electron chi connectivity index (χ0n) is 20.9. The van der Waals surface area contributed by atoms with E-state index in [1.807, 2.05) is 6.08 Å². The molecule has 0 unspecified atom stereocenters. The van der Waals surface area contributed by atoms with Gasteiger partial charge in [-0.1, -0.05) is 71.4 Å². The second-order valence-electron chi connectivity index (χ2n) is 9.47. The molecule has 1 amide bonds. The van der Waals surface area contributed by atoms with E-state index >= 15 is 0 Å². The van der Waals surface area contributed by atoms with Crippen LogP contribution >= 0.6 is 0 Å². The van der Waals surface area contributed by atoms with E-state index in [1.54, 1.807) is 0 Å². The molecule has 0 spiro atoms. The van der Waals surface area contributed by atoms with Crippen molar-refractivity contribution in [2.45, 2.75) is 98.0 Å². The average molecular weight is 434 g/mol. The molecule has 0 bridgehead atoms. The third-order valence-corrected chi connectivity index (χ3v) is 12.5. The summed E-state index contributed by atoms with van der Waals surface area (Å²) in [6.45, 7) is 22.1. The first kappa shape index (κ1) is 26.4. The van der Waals surface area contributed by atoms with Gasteiger partial charge in [-0.2, -0.15) is 0 Å². The minimum atomic E-state index is -2.08. The van der Waals surface area contributed by atoms with Crippen LogP contribution in [0.4, 0.5) is 4.79 Å². The zero-order valence-corrected chi connectivity index (χ0v) is 21.9. The highest BCUT2D eigenvalue weighted by molar-refractivity contribution is 6.77. The van der Waals surface area contributed by atoms with E-state index < -0.39 is 14.4 Å². The van der Waals surface area contributed by atoms with Gasteiger partial charge in [-0.25, -0.2) is 4.79 Å². The molecule has 0 fully saturated rings. The van der Waals surface area contributed by atoms with Crippen LogP contribution in [0.5, 0.6) is 0 Å². The average Bonchev–Trinajstić information content (AvgIpc) is 2.62. The molecule has 1 aromatic rings. The summed E-state index contributed by atoms with van der Waals surface area (Å²) < 4.78 is 11.8. The summed E-state index contributed by atoms with van der Waals surface area (Å²) in [5.74, 6) is 0. The number of carbonyl (C=O) groups is 1. The standard InChI is InChI=1S/C25H43NO3Si/c1-16(2)30(17(3)4,18(5)6)29-22(10)24(26-25(27)28-11)13-12-23-20(8)14-19(7)15-21(23)9/h12-18,22,24H,1-11H3,(H,26,27)/b13-12+/t22-,24+/m0/s1. The van der Waals surface area contributed by atoms with Gasteiger partial charge in [-0.3, -0.25) is 0 Å². The SMILES string of the molecule is COC(=O)N[C@H](/C=C/c1c(C)cc(C)cc1C)[C@H](C)O[Si](C(C)C)(C(C)C)C(C)C. The molecule has 4 nitrogen and oxygen atoms in total. The van der Waals surface area contributed by atoms with Gasteiger partial charge in [0.05, 0.1) is 19.3 Å². The highest BCUT2D eigenvalue weighted by Crippen LogP contribution is 2.43. The molecule has 0 saturated carbocycles. The summed E-state index contributed by atoms with van der Waals surface area (Å²) in [6.07, 6.45) is 3.55. The smallest absolute Gasteiger partial charge is 0.407 e. The van der Waals surface area contributed by atoms with Crippen LogP contribution in [0.15, 0.2) is 18.2 Å². The van der Waals surface area contributed by atoms with Crippen LogP contribution < -0.4 is 5.32 Å². The minimum absolute atomic E-state index is 0.162. The lowest BCUT2D eigenvalue weighted by Crippen LogP contribution is -2.54. The maximum atomic E-state index is 12.1. The fourth-order valence-corrected chi connectivity index (χ4v) is 10.6. The Labute approximate surface area is 185 Å². The van der Waals surface area contributed by atoms with E-state index in [-0.39, 0.29) is 12.1 Å². The van der Waals surface area contributed by atoms with Crippen molar-refractivity contribution in [1.82, 2.24) is 5.32 Å². The molecule has 0 radical (unpaired) electrons. The molecule has 30 heavy (non-hydrogen) atoms. The summed E-state index contributed by atoms with van der Waals surface area (Å²) in [7, 11) is -0.684. The van der Waals surface area contributed by atoms with E-state index in [0.29, 0.717) is 16.6 Å². The molecule has 0 aromatic heterocycles. The van der Waals surface area contributed by atoms with Crippen LogP contribution in [0, 0.1) is 20.8 Å². The van der Waals surface area contributed by atoms with E-state index in [1.165, 1.54) is 29.4 Å². The Balaban J connectivity index is 3.29. The summed E-state index contributed by atoms with van der Waals surface area (Å²) in [6, 6.07) is 4.09. The lowest BCUT2D eigenvalue weighted by molar-refractivity contribution is 0.139. The molecule has 5 heteroatoms. The quantitative estimate of drug-likeness (QED) is 0.429. The highest BCUT2D eigenvalue weighted by atomic mass is 28.4. The van der Waals surface area contributed by atoms with E-state index in [4.69, 9.17) is 9.16 Å². The Morgan fingerprint density at radius 2 is 1.40 bits per heavy atom. The Morgan fingerprint density at radius 1 is 0.933 bits per heavy atom. The van der Waals surface area contributed by atoms with Gasteiger partial charge >= 0.3 is 6.09 Å². The normalized spacial score (nSPS) is 14.6. The topological polar surface area (TPSA) is 47.6 Å². The number of amides is 1. The number of ether oxygens (including phenoxy) is 1. The Kier molecular flexibility index (Phi) is 9.82. The number of methoxy groups -OCH3 is 1. The molecular weight excluding hydrogens is 390 g/mol. The zero-order chi connectivity index (χ0) is 23.2. The molecule has 0 aliphatic carbocycles. The van der Waals surface area contributed by atoms with E-state index in [9.17, 15) is 4.79 Å². The first-order chi connectivity index (χ1) is 13.9. The lowest BCUT2D eigenvalue weighted by Gasteiger charge is -2.45. The number of alkyl carbamates (subject to hydrolysis) is 1. The Morgan fingerprint density at radius 3 is 1.80 bits per heavy atom. The Bertz CT molecular complexity index is 695. The maximum Gasteiger partial charge on any atom is 0.407 e. The molecule has 1 rings (SSSR count). The third kappa shape index (κ3) is 6.21. The summed E-state index contributed by atoms with van der Waals surface area (Å²) in [4.78, 5) is 12.1. The van der Waals surface area contributed by atoms with Crippen molar-refractivity contribution in [3.05, 3.63) is 40.5 Å². The number of hydrogen-bond donors (Lipinski definition) is 1. The van der Waals surface area contributed by atoms with Crippen molar-refractivity contribution in [2.24, 2.45) is 0 Å². The maximum absolute atomic E-state index is 12.1. The van der Waals surface area contributed by atoms with Crippen LogP contribution in [0.25, 0.3) is 6.08 Å². The largest absolute Gasteiger partial charge is 0.453 e. The minimum Gasteiger partial charge on any atom is -0.453 e. The molecule has 0 saturated heterocycles. The third-order valence-electron chi connectivity index (χ3n) is 6.28. The summed E-state index contributed by atoms with van der Waals surface area (Å²) in [5.41, 5.74) is 6.32. The number of aryl methyl sites for hydroxylation is 3. The van der Waals surface area contributed by atoms with Gasteiger partial charge < -0.3 is 14.5 Å². The number of rotatable bonds is 9. The van der Waals surface area contributed by atoms with E-state index in [0.717, 1.165) is 0 Å². The predicted octanol–water partition coefficient (Wildman–Crippen LogP) is 6.93. The molecule has 1 aromatic carbocycles. The first-order valence-electron chi connectivity index (χ1n) is 11.1. The highest BCUT2D eigenvalue weighted by Gasteiger charge is 2.46. The van der Waals surface area contributed by atoms with Crippen molar-refractivity contribution in [3.63, 3.8) is 0 Å². The van der Waals surface area contributed by atoms with Crippen molar-refractivity contribution >= 4 is 20.5 Å². The van der Waals surface area contributed by atoms with Crippen LogP contribution in [-0.4, -0.2) is 33.7 Å². The Hall–Kier alpha value is -1.59.